The second-order valence-electron chi connectivity index (χ2n) is 4.77. The largest absolute Gasteiger partial charge is 0.354 e. The molecule has 0 aromatic heterocycles. The Balaban J connectivity index is 2.17. The van der Waals surface area contributed by atoms with Gasteiger partial charge in [0.25, 0.3) is 0 Å². The van der Waals surface area contributed by atoms with Crippen LogP contribution in [0.15, 0.2) is 0 Å². The maximum absolute atomic E-state index is 11.6. The summed E-state index contributed by atoms with van der Waals surface area (Å²) in [5, 5.41) is 2.96. The van der Waals surface area contributed by atoms with E-state index in [1.807, 2.05) is 6.26 Å². The summed E-state index contributed by atoms with van der Waals surface area (Å²) in [4.78, 5) is 11.6. The molecule has 0 heterocycles. The fourth-order valence-electron chi connectivity index (χ4n) is 1.76. The van der Waals surface area contributed by atoms with Crippen LogP contribution in [0.25, 0.3) is 0 Å². The zero-order valence-electron chi connectivity index (χ0n) is 9.71. The van der Waals surface area contributed by atoms with Gasteiger partial charge in [0.2, 0.25) is 5.91 Å². The highest BCUT2D eigenvalue weighted by atomic mass is 32.2. The first-order valence-corrected chi connectivity index (χ1v) is 6.99. The second-order valence-corrected chi connectivity index (χ2v) is 5.76. The standard InChI is InChI=1S/C11H22N2OS/c1-11(5-3-6-11)8-13-10(14)9(12)4-7-15-2/h9H,3-8,12H2,1-2H3,(H,13,14)/t9-/m0/s1. The van der Waals surface area contributed by atoms with Gasteiger partial charge in [0.1, 0.15) is 0 Å². The van der Waals surface area contributed by atoms with Gasteiger partial charge in [0.05, 0.1) is 6.04 Å². The minimum Gasteiger partial charge on any atom is -0.354 e. The van der Waals surface area contributed by atoms with Crippen LogP contribution in [0, 0.1) is 5.41 Å². The van der Waals surface area contributed by atoms with Crippen LogP contribution in [0.2, 0.25) is 0 Å². The molecule has 0 spiro atoms. The molecule has 1 rings (SSSR count). The third-order valence-electron chi connectivity index (χ3n) is 3.22. The van der Waals surface area contributed by atoms with Crippen LogP contribution in [-0.4, -0.2) is 30.5 Å². The van der Waals surface area contributed by atoms with Crippen molar-refractivity contribution in [3.8, 4) is 0 Å². The molecule has 1 fully saturated rings. The number of carbonyl (C=O) groups is 1. The van der Waals surface area contributed by atoms with Crippen molar-refractivity contribution in [1.29, 1.82) is 0 Å². The Morgan fingerprint density at radius 1 is 1.60 bits per heavy atom. The molecule has 3 N–H and O–H groups in total. The van der Waals surface area contributed by atoms with Gasteiger partial charge in [-0.25, -0.2) is 0 Å². The topological polar surface area (TPSA) is 55.1 Å². The highest BCUT2D eigenvalue weighted by molar-refractivity contribution is 7.98. The number of thioether (sulfide) groups is 1. The lowest BCUT2D eigenvalue weighted by atomic mass is 9.70. The van der Waals surface area contributed by atoms with Crippen molar-refractivity contribution in [1.82, 2.24) is 5.32 Å². The Morgan fingerprint density at radius 3 is 2.73 bits per heavy atom. The minimum atomic E-state index is -0.332. The normalized spacial score (nSPS) is 20.5. The van der Waals surface area contributed by atoms with Crippen molar-refractivity contribution >= 4 is 17.7 Å². The van der Waals surface area contributed by atoms with E-state index < -0.39 is 0 Å². The van der Waals surface area contributed by atoms with Gasteiger partial charge in [-0.3, -0.25) is 4.79 Å². The molecule has 4 heteroatoms. The highest BCUT2D eigenvalue weighted by Gasteiger charge is 2.32. The average molecular weight is 230 g/mol. The number of hydrogen-bond acceptors (Lipinski definition) is 3. The molecular formula is C11H22N2OS. The summed E-state index contributed by atoms with van der Waals surface area (Å²) in [5.74, 6) is 0.962. The van der Waals surface area contributed by atoms with Gasteiger partial charge in [-0.05, 0) is 36.7 Å². The lowest BCUT2D eigenvalue weighted by molar-refractivity contribution is -0.123. The number of amides is 1. The van der Waals surface area contributed by atoms with Crippen LogP contribution in [0.4, 0.5) is 0 Å². The highest BCUT2D eigenvalue weighted by Crippen LogP contribution is 2.39. The van der Waals surface area contributed by atoms with Crippen molar-refractivity contribution in [3.05, 3.63) is 0 Å². The molecular weight excluding hydrogens is 208 g/mol. The van der Waals surface area contributed by atoms with Crippen LogP contribution in [0.5, 0.6) is 0 Å². The van der Waals surface area contributed by atoms with E-state index >= 15 is 0 Å². The maximum atomic E-state index is 11.6. The van der Waals surface area contributed by atoms with E-state index in [0.717, 1.165) is 18.7 Å². The van der Waals surface area contributed by atoms with Crippen LogP contribution in [-0.2, 0) is 4.79 Å². The lowest BCUT2D eigenvalue weighted by Gasteiger charge is -2.38. The molecule has 0 aromatic carbocycles. The fraction of sp³-hybridized carbons (Fsp3) is 0.909. The average Bonchev–Trinajstić information content (AvgIpc) is 2.19. The zero-order valence-corrected chi connectivity index (χ0v) is 10.5. The number of nitrogens with one attached hydrogen (secondary N) is 1. The van der Waals surface area contributed by atoms with Crippen LogP contribution < -0.4 is 11.1 Å². The molecule has 1 saturated carbocycles. The summed E-state index contributed by atoms with van der Waals surface area (Å²) in [5.41, 5.74) is 6.11. The Hall–Kier alpha value is -0.220. The zero-order chi connectivity index (χ0) is 11.3. The molecule has 15 heavy (non-hydrogen) atoms. The quantitative estimate of drug-likeness (QED) is 0.724. The molecule has 0 radical (unpaired) electrons. The molecule has 88 valence electrons. The van der Waals surface area contributed by atoms with Gasteiger partial charge in [-0.1, -0.05) is 13.3 Å². The van der Waals surface area contributed by atoms with Crippen LogP contribution >= 0.6 is 11.8 Å². The molecule has 0 unspecified atom stereocenters. The van der Waals surface area contributed by atoms with Gasteiger partial charge < -0.3 is 11.1 Å². The number of carbonyl (C=O) groups excluding carboxylic acids is 1. The summed E-state index contributed by atoms with van der Waals surface area (Å²) in [7, 11) is 0. The van der Waals surface area contributed by atoms with E-state index in [1.165, 1.54) is 19.3 Å². The van der Waals surface area contributed by atoms with Crippen molar-refractivity contribution in [2.24, 2.45) is 11.1 Å². The maximum Gasteiger partial charge on any atom is 0.236 e. The van der Waals surface area contributed by atoms with Crippen molar-refractivity contribution in [3.63, 3.8) is 0 Å². The Labute approximate surface area is 96.6 Å². The fourth-order valence-corrected chi connectivity index (χ4v) is 2.25. The lowest BCUT2D eigenvalue weighted by Crippen LogP contribution is -2.46. The molecule has 0 aromatic rings. The number of hydrogen-bond donors (Lipinski definition) is 2. The monoisotopic (exact) mass is 230 g/mol. The molecule has 0 aliphatic heterocycles. The second kappa shape index (κ2) is 5.75. The Morgan fingerprint density at radius 2 is 2.27 bits per heavy atom. The Bertz CT molecular complexity index is 217. The summed E-state index contributed by atoms with van der Waals surface area (Å²) in [6.45, 7) is 3.02. The third kappa shape index (κ3) is 4.03. The molecule has 0 bridgehead atoms. The third-order valence-corrected chi connectivity index (χ3v) is 3.86. The predicted molar refractivity (Wildman–Crippen MR) is 65.9 cm³/mol. The summed E-state index contributed by atoms with van der Waals surface area (Å²) in [6, 6.07) is -0.332. The van der Waals surface area contributed by atoms with Crippen molar-refractivity contribution in [2.75, 3.05) is 18.6 Å². The minimum absolute atomic E-state index is 0.0113. The molecule has 1 aliphatic carbocycles. The van der Waals surface area contributed by atoms with Crippen molar-refractivity contribution in [2.45, 2.75) is 38.6 Å². The van der Waals surface area contributed by atoms with Gasteiger partial charge in [0.15, 0.2) is 0 Å². The Kier molecular flexibility index (Phi) is 4.93. The van der Waals surface area contributed by atoms with Gasteiger partial charge in [-0.15, -0.1) is 0 Å². The number of nitrogens with two attached hydrogens (primary N) is 1. The molecule has 1 aliphatic rings. The SMILES string of the molecule is CSCC[C@H](N)C(=O)NCC1(C)CCC1. The van der Waals surface area contributed by atoms with Crippen LogP contribution in [0.3, 0.4) is 0 Å². The summed E-state index contributed by atoms with van der Waals surface area (Å²) in [6.07, 6.45) is 6.55. The smallest absolute Gasteiger partial charge is 0.236 e. The van der Waals surface area contributed by atoms with Gasteiger partial charge in [0, 0.05) is 6.54 Å². The molecule has 1 amide bonds. The van der Waals surface area contributed by atoms with Crippen LogP contribution in [0.1, 0.15) is 32.6 Å². The van der Waals surface area contributed by atoms with Gasteiger partial charge >= 0.3 is 0 Å². The first kappa shape index (κ1) is 12.8. The van der Waals surface area contributed by atoms with E-state index in [2.05, 4.69) is 12.2 Å². The van der Waals surface area contributed by atoms with E-state index in [1.54, 1.807) is 11.8 Å². The first-order valence-electron chi connectivity index (χ1n) is 5.60. The van der Waals surface area contributed by atoms with E-state index in [0.29, 0.717) is 5.41 Å². The summed E-state index contributed by atoms with van der Waals surface area (Å²) >= 11 is 1.73. The molecule has 3 nitrogen and oxygen atoms in total. The summed E-state index contributed by atoms with van der Waals surface area (Å²) < 4.78 is 0. The van der Waals surface area contributed by atoms with E-state index in [4.69, 9.17) is 5.73 Å². The van der Waals surface area contributed by atoms with Gasteiger partial charge in [-0.2, -0.15) is 11.8 Å². The van der Waals surface area contributed by atoms with E-state index in [-0.39, 0.29) is 11.9 Å². The molecule has 0 saturated heterocycles. The first-order chi connectivity index (χ1) is 7.07. The van der Waals surface area contributed by atoms with E-state index in [9.17, 15) is 4.79 Å². The predicted octanol–water partition coefficient (Wildman–Crippen LogP) is 1.37. The molecule has 1 atom stereocenters. The number of rotatable bonds is 6. The van der Waals surface area contributed by atoms with Crippen molar-refractivity contribution < 1.29 is 4.79 Å².